The van der Waals surface area contributed by atoms with Crippen LogP contribution in [0.15, 0.2) is 31.0 Å². The van der Waals surface area contributed by atoms with Crippen LogP contribution in [0.1, 0.15) is 24.6 Å². The van der Waals surface area contributed by atoms with Crippen molar-refractivity contribution in [2.75, 3.05) is 18.0 Å². The second kappa shape index (κ2) is 4.53. The maximum Gasteiger partial charge on any atom is 0.147 e. The minimum Gasteiger partial charge on any atom is -0.355 e. The van der Waals surface area contributed by atoms with E-state index in [4.69, 9.17) is 0 Å². The predicted octanol–water partition coefficient (Wildman–Crippen LogP) is 1.58. The predicted molar refractivity (Wildman–Crippen MR) is 64.8 cm³/mol. The van der Waals surface area contributed by atoms with Crippen LogP contribution in [-0.4, -0.2) is 33.0 Å². The Bertz CT molecular complexity index is 453. The molecule has 1 N–H and O–H groups in total. The molecule has 1 aliphatic rings. The zero-order valence-corrected chi connectivity index (χ0v) is 9.58. The average molecular weight is 229 g/mol. The first-order valence-electron chi connectivity index (χ1n) is 5.94. The van der Waals surface area contributed by atoms with E-state index in [0.29, 0.717) is 5.92 Å². The van der Waals surface area contributed by atoms with Gasteiger partial charge < -0.3 is 9.88 Å². The van der Waals surface area contributed by atoms with Crippen molar-refractivity contribution < 1.29 is 0 Å². The smallest absolute Gasteiger partial charge is 0.147 e. The van der Waals surface area contributed by atoms with Gasteiger partial charge in [-0.25, -0.2) is 9.97 Å². The Hall–Kier alpha value is -1.91. The van der Waals surface area contributed by atoms with E-state index < -0.39 is 0 Å². The third kappa shape index (κ3) is 2.13. The van der Waals surface area contributed by atoms with Crippen molar-refractivity contribution in [3.8, 4) is 0 Å². The quantitative estimate of drug-likeness (QED) is 0.849. The molecule has 0 saturated carbocycles. The molecule has 0 amide bonds. The van der Waals surface area contributed by atoms with Crippen LogP contribution in [0.4, 0.5) is 5.82 Å². The molecule has 0 radical (unpaired) electrons. The molecule has 0 aromatic carbocycles. The van der Waals surface area contributed by atoms with Crippen molar-refractivity contribution >= 4 is 5.82 Å². The first-order valence-corrected chi connectivity index (χ1v) is 5.94. The van der Waals surface area contributed by atoms with Crippen molar-refractivity contribution in [2.24, 2.45) is 0 Å². The van der Waals surface area contributed by atoms with Gasteiger partial charge in [-0.2, -0.15) is 0 Å². The van der Waals surface area contributed by atoms with Crippen molar-refractivity contribution in [2.45, 2.75) is 18.8 Å². The van der Waals surface area contributed by atoms with E-state index in [2.05, 4.69) is 24.8 Å². The highest BCUT2D eigenvalue weighted by molar-refractivity contribution is 5.36. The van der Waals surface area contributed by atoms with Crippen LogP contribution in [0.5, 0.6) is 0 Å². The molecule has 1 unspecified atom stereocenters. The molecule has 88 valence electrons. The lowest BCUT2D eigenvalue weighted by atomic mass is 9.97. The Kier molecular flexibility index (Phi) is 2.73. The van der Waals surface area contributed by atoms with Gasteiger partial charge in [0.2, 0.25) is 0 Å². The molecule has 1 aliphatic heterocycles. The Morgan fingerprint density at radius 2 is 2.24 bits per heavy atom. The number of imidazole rings is 1. The van der Waals surface area contributed by atoms with Crippen molar-refractivity contribution in [1.29, 1.82) is 0 Å². The molecule has 1 saturated heterocycles. The molecule has 5 heteroatoms. The lowest BCUT2D eigenvalue weighted by molar-refractivity contribution is 0.491. The van der Waals surface area contributed by atoms with Crippen LogP contribution in [0.25, 0.3) is 0 Å². The number of anilines is 1. The summed E-state index contributed by atoms with van der Waals surface area (Å²) in [4.78, 5) is 18.3. The molecule has 1 fully saturated rings. The van der Waals surface area contributed by atoms with Crippen LogP contribution >= 0.6 is 0 Å². The fraction of sp³-hybridized carbons (Fsp3) is 0.417. The Labute approximate surface area is 99.9 Å². The monoisotopic (exact) mass is 229 g/mol. The van der Waals surface area contributed by atoms with Crippen LogP contribution in [0, 0.1) is 0 Å². The number of aromatic amines is 1. The largest absolute Gasteiger partial charge is 0.355 e. The summed E-state index contributed by atoms with van der Waals surface area (Å²) in [5.41, 5.74) is 0. The van der Waals surface area contributed by atoms with E-state index in [1.807, 2.05) is 18.6 Å². The van der Waals surface area contributed by atoms with E-state index in [0.717, 1.165) is 24.7 Å². The Morgan fingerprint density at radius 1 is 1.24 bits per heavy atom. The molecule has 0 aliphatic carbocycles. The van der Waals surface area contributed by atoms with Crippen LogP contribution in [0.2, 0.25) is 0 Å². The summed E-state index contributed by atoms with van der Waals surface area (Å²) in [6.45, 7) is 2.02. The highest BCUT2D eigenvalue weighted by Crippen LogP contribution is 2.26. The molecule has 2 aromatic rings. The number of aromatic nitrogens is 4. The summed E-state index contributed by atoms with van der Waals surface area (Å²) in [6, 6.07) is 0. The summed E-state index contributed by atoms with van der Waals surface area (Å²) in [7, 11) is 0. The zero-order valence-electron chi connectivity index (χ0n) is 9.58. The average Bonchev–Trinajstić information content (AvgIpc) is 2.94. The number of rotatable bonds is 2. The highest BCUT2D eigenvalue weighted by atomic mass is 15.2. The number of hydrogen-bond donors (Lipinski definition) is 1. The normalized spacial score (nSPS) is 20.5. The molecule has 2 aromatic heterocycles. The topological polar surface area (TPSA) is 57.7 Å². The maximum atomic E-state index is 4.35. The molecular formula is C12H15N5. The minimum atomic E-state index is 0.473. The molecule has 1 atom stereocenters. The van der Waals surface area contributed by atoms with E-state index in [1.54, 1.807) is 12.4 Å². The van der Waals surface area contributed by atoms with E-state index in [1.165, 1.54) is 12.8 Å². The van der Waals surface area contributed by atoms with Gasteiger partial charge in [0.15, 0.2) is 0 Å². The number of hydrogen-bond acceptors (Lipinski definition) is 4. The van der Waals surface area contributed by atoms with Gasteiger partial charge in [-0.1, -0.05) is 0 Å². The second-order valence-electron chi connectivity index (χ2n) is 4.32. The van der Waals surface area contributed by atoms with Crippen molar-refractivity contribution in [3.05, 3.63) is 36.8 Å². The molecule has 0 bridgehead atoms. The first-order chi connectivity index (χ1) is 8.43. The maximum absolute atomic E-state index is 4.35. The zero-order chi connectivity index (χ0) is 11.5. The standard InChI is InChI=1S/C12H15N5/c1-2-10(12-15-5-6-16-12)9-17(7-1)11-8-13-3-4-14-11/h3-6,8,10H,1-2,7,9H2,(H,15,16). The molecule has 0 spiro atoms. The third-order valence-corrected chi connectivity index (χ3v) is 3.20. The van der Waals surface area contributed by atoms with Crippen molar-refractivity contribution in [3.63, 3.8) is 0 Å². The van der Waals surface area contributed by atoms with Gasteiger partial charge >= 0.3 is 0 Å². The van der Waals surface area contributed by atoms with Gasteiger partial charge in [0.25, 0.3) is 0 Å². The number of H-pyrrole nitrogens is 1. The van der Waals surface area contributed by atoms with Gasteiger partial charge in [0, 0.05) is 43.8 Å². The third-order valence-electron chi connectivity index (χ3n) is 3.20. The lowest BCUT2D eigenvalue weighted by Crippen LogP contribution is -2.35. The van der Waals surface area contributed by atoms with Gasteiger partial charge in [-0.15, -0.1) is 0 Å². The first kappa shape index (κ1) is 10.3. The van der Waals surface area contributed by atoms with Gasteiger partial charge in [0.05, 0.1) is 6.20 Å². The van der Waals surface area contributed by atoms with Gasteiger partial charge in [-0.05, 0) is 12.8 Å². The van der Waals surface area contributed by atoms with Gasteiger partial charge in [0.1, 0.15) is 11.6 Å². The SMILES string of the molecule is c1cnc(N2CCCC(c3ncc[nH]3)C2)cn1. The Balaban J connectivity index is 1.76. The van der Waals surface area contributed by atoms with Crippen molar-refractivity contribution in [1.82, 2.24) is 19.9 Å². The summed E-state index contributed by atoms with van der Waals surface area (Å²) in [5, 5.41) is 0. The van der Waals surface area contributed by atoms with E-state index in [9.17, 15) is 0 Å². The fourth-order valence-electron chi connectivity index (χ4n) is 2.36. The number of nitrogens with one attached hydrogen (secondary N) is 1. The molecule has 3 rings (SSSR count). The minimum absolute atomic E-state index is 0.473. The molecular weight excluding hydrogens is 214 g/mol. The fourth-order valence-corrected chi connectivity index (χ4v) is 2.36. The second-order valence-corrected chi connectivity index (χ2v) is 4.32. The number of piperidine rings is 1. The molecule has 17 heavy (non-hydrogen) atoms. The summed E-state index contributed by atoms with van der Waals surface area (Å²) in [6.07, 6.45) is 11.3. The van der Waals surface area contributed by atoms with E-state index in [-0.39, 0.29) is 0 Å². The van der Waals surface area contributed by atoms with Gasteiger partial charge in [-0.3, -0.25) is 4.98 Å². The van der Waals surface area contributed by atoms with Crippen LogP contribution < -0.4 is 4.90 Å². The summed E-state index contributed by atoms with van der Waals surface area (Å²) in [5.74, 6) is 2.52. The molecule has 5 nitrogen and oxygen atoms in total. The number of nitrogens with zero attached hydrogens (tertiary/aromatic N) is 4. The molecule has 3 heterocycles. The Morgan fingerprint density at radius 3 is 3.00 bits per heavy atom. The lowest BCUT2D eigenvalue weighted by Gasteiger charge is -2.32. The van der Waals surface area contributed by atoms with E-state index >= 15 is 0 Å². The summed E-state index contributed by atoms with van der Waals surface area (Å²) >= 11 is 0. The van der Waals surface area contributed by atoms with Crippen LogP contribution in [0.3, 0.4) is 0 Å². The summed E-state index contributed by atoms with van der Waals surface area (Å²) < 4.78 is 0. The highest BCUT2D eigenvalue weighted by Gasteiger charge is 2.23. The van der Waals surface area contributed by atoms with Crippen LogP contribution in [-0.2, 0) is 0 Å².